The molecule has 1 aliphatic heterocycles. The normalized spacial score (nSPS) is 23.0. The molecule has 0 saturated carbocycles. The molecule has 6 unspecified atom stereocenters. The molecule has 0 aromatic rings. The predicted octanol–water partition coefficient (Wildman–Crippen LogP) is 5.96. The fourth-order valence-corrected chi connectivity index (χ4v) is 5.61. The quantitative estimate of drug-likeness (QED) is 0.0591. The molecular formula is C34H66O9. The molecule has 43 heavy (non-hydrogen) atoms. The highest BCUT2D eigenvalue weighted by molar-refractivity contribution is 5.66. The highest BCUT2D eigenvalue weighted by atomic mass is 16.7. The van der Waals surface area contributed by atoms with E-state index in [-0.39, 0.29) is 13.2 Å². The number of ether oxygens (including phenoxy) is 4. The van der Waals surface area contributed by atoms with Crippen molar-refractivity contribution in [3.63, 3.8) is 0 Å². The first-order valence-electron chi connectivity index (χ1n) is 17.6. The van der Waals surface area contributed by atoms with Gasteiger partial charge in [0.15, 0.2) is 6.29 Å². The first-order valence-corrected chi connectivity index (χ1v) is 17.6. The van der Waals surface area contributed by atoms with Crippen LogP contribution in [0.5, 0.6) is 0 Å². The Hall–Kier alpha value is -0.810. The summed E-state index contributed by atoms with van der Waals surface area (Å²) in [6.45, 7) is 3.59. The van der Waals surface area contributed by atoms with Gasteiger partial charge in [0.05, 0.1) is 19.8 Å². The summed E-state index contributed by atoms with van der Waals surface area (Å²) in [6.07, 6.45) is 20.6. The smallest absolute Gasteiger partial charge is 0.303 e. The summed E-state index contributed by atoms with van der Waals surface area (Å²) in [4.78, 5) is 11.5. The number of esters is 1. The molecule has 1 rings (SSSR count). The Morgan fingerprint density at radius 3 is 1.51 bits per heavy atom. The summed E-state index contributed by atoms with van der Waals surface area (Å²) in [7, 11) is 0. The van der Waals surface area contributed by atoms with Crippen molar-refractivity contribution in [2.75, 3.05) is 26.4 Å². The van der Waals surface area contributed by atoms with Gasteiger partial charge in [-0.3, -0.25) is 4.79 Å². The Morgan fingerprint density at radius 2 is 1.09 bits per heavy atom. The number of carbonyl (C=O) groups is 1. The lowest BCUT2D eigenvalue weighted by atomic mass is 9.99. The molecule has 0 aliphatic carbocycles. The molecule has 1 heterocycles. The van der Waals surface area contributed by atoms with Crippen molar-refractivity contribution in [1.29, 1.82) is 0 Å². The molecule has 0 spiro atoms. The van der Waals surface area contributed by atoms with Gasteiger partial charge >= 0.3 is 5.97 Å². The SMILES string of the molecule is CCCCCCCCCCCCCCCCCCCCCCCOCC(COC1OC(CO)C(O)C(O)C1O)OC(C)=O. The van der Waals surface area contributed by atoms with E-state index in [9.17, 15) is 25.2 Å². The van der Waals surface area contributed by atoms with Crippen LogP contribution in [0.25, 0.3) is 0 Å². The molecule has 1 fully saturated rings. The van der Waals surface area contributed by atoms with Crippen LogP contribution in [-0.2, 0) is 23.7 Å². The van der Waals surface area contributed by atoms with Crippen molar-refractivity contribution in [2.24, 2.45) is 0 Å². The van der Waals surface area contributed by atoms with Crippen LogP contribution in [-0.4, -0.2) is 89.6 Å². The molecule has 0 aromatic carbocycles. The number of hydrogen-bond donors (Lipinski definition) is 4. The molecule has 6 atom stereocenters. The monoisotopic (exact) mass is 618 g/mol. The van der Waals surface area contributed by atoms with Gasteiger partial charge < -0.3 is 39.4 Å². The molecule has 0 aromatic heterocycles. The highest BCUT2D eigenvalue weighted by Gasteiger charge is 2.44. The van der Waals surface area contributed by atoms with E-state index in [2.05, 4.69) is 6.92 Å². The maximum atomic E-state index is 11.5. The molecule has 0 radical (unpaired) electrons. The van der Waals surface area contributed by atoms with E-state index in [1.165, 1.54) is 129 Å². The molecule has 4 N–H and O–H groups in total. The third-order valence-corrected chi connectivity index (χ3v) is 8.32. The number of unbranched alkanes of at least 4 members (excludes halogenated alkanes) is 20. The van der Waals surface area contributed by atoms with Crippen LogP contribution in [0.3, 0.4) is 0 Å². The zero-order valence-corrected chi connectivity index (χ0v) is 27.5. The minimum absolute atomic E-state index is 0.123. The Balaban J connectivity index is 1.94. The summed E-state index contributed by atoms with van der Waals surface area (Å²) in [5.74, 6) is -0.486. The van der Waals surface area contributed by atoms with Gasteiger partial charge in [0.1, 0.15) is 30.5 Å². The van der Waals surface area contributed by atoms with Crippen molar-refractivity contribution in [3.8, 4) is 0 Å². The first kappa shape index (κ1) is 40.2. The van der Waals surface area contributed by atoms with Crippen molar-refractivity contribution < 1.29 is 44.2 Å². The Bertz CT molecular complexity index is 633. The van der Waals surface area contributed by atoms with Gasteiger partial charge in [-0.05, 0) is 6.42 Å². The number of aliphatic hydroxyl groups is 4. The summed E-state index contributed by atoms with van der Waals surface area (Å²) >= 11 is 0. The third-order valence-electron chi connectivity index (χ3n) is 8.32. The van der Waals surface area contributed by atoms with Crippen molar-refractivity contribution in [1.82, 2.24) is 0 Å². The van der Waals surface area contributed by atoms with Crippen LogP contribution in [0.2, 0.25) is 0 Å². The Morgan fingerprint density at radius 1 is 0.651 bits per heavy atom. The van der Waals surface area contributed by atoms with Crippen molar-refractivity contribution in [2.45, 2.75) is 185 Å². The number of carbonyl (C=O) groups excluding carboxylic acids is 1. The zero-order valence-electron chi connectivity index (χ0n) is 27.5. The van der Waals surface area contributed by atoms with Gasteiger partial charge in [0, 0.05) is 13.5 Å². The summed E-state index contributed by atoms with van der Waals surface area (Å²) in [5, 5.41) is 39.2. The fraction of sp³-hybridized carbons (Fsp3) is 0.971. The number of hydrogen-bond acceptors (Lipinski definition) is 9. The summed E-state index contributed by atoms with van der Waals surface area (Å²) < 4.78 is 21.8. The molecule has 1 saturated heterocycles. The zero-order chi connectivity index (χ0) is 31.5. The van der Waals surface area contributed by atoms with Gasteiger partial charge in [-0.15, -0.1) is 0 Å². The maximum absolute atomic E-state index is 11.5. The maximum Gasteiger partial charge on any atom is 0.303 e. The minimum atomic E-state index is -1.52. The lowest BCUT2D eigenvalue weighted by molar-refractivity contribution is -0.305. The van der Waals surface area contributed by atoms with Crippen molar-refractivity contribution >= 4 is 5.97 Å². The second-order valence-corrected chi connectivity index (χ2v) is 12.4. The van der Waals surface area contributed by atoms with E-state index in [4.69, 9.17) is 18.9 Å². The van der Waals surface area contributed by atoms with E-state index in [1.807, 2.05) is 0 Å². The van der Waals surface area contributed by atoms with Crippen LogP contribution in [0.4, 0.5) is 0 Å². The first-order chi connectivity index (χ1) is 20.9. The standard InChI is InChI=1S/C34H66O9/c1-3-4-5-6-7-8-9-10-11-12-13-14-15-16-17-18-19-20-21-22-23-24-40-26-29(42-28(2)36)27-41-34-33(39)32(38)31(37)30(25-35)43-34/h29-35,37-39H,3-27H2,1-2H3. The predicted molar refractivity (Wildman–Crippen MR) is 169 cm³/mol. The lowest BCUT2D eigenvalue weighted by Gasteiger charge is -2.39. The molecule has 1 aliphatic rings. The van der Waals surface area contributed by atoms with Crippen LogP contribution < -0.4 is 0 Å². The second kappa shape index (κ2) is 27.5. The van der Waals surface area contributed by atoms with E-state index >= 15 is 0 Å². The molecule has 0 amide bonds. The van der Waals surface area contributed by atoms with Gasteiger partial charge in [0.25, 0.3) is 0 Å². The second-order valence-electron chi connectivity index (χ2n) is 12.4. The summed E-state index contributed by atoms with van der Waals surface area (Å²) in [5.41, 5.74) is 0. The average molecular weight is 619 g/mol. The van der Waals surface area contributed by atoms with Crippen LogP contribution in [0.15, 0.2) is 0 Å². The number of aliphatic hydroxyl groups excluding tert-OH is 4. The third kappa shape index (κ3) is 20.8. The Labute approximate surface area is 262 Å². The van der Waals surface area contributed by atoms with Gasteiger partial charge in [-0.1, -0.05) is 135 Å². The number of rotatable bonds is 29. The van der Waals surface area contributed by atoms with E-state index < -0.39 is 49.4 Å². The van der Waals surface area contributed by atoms with E-state index in [0.717, 1.165) is 12.8 Å². The molecule has 9 nitrogen and oxygen atoms in total. The van der Waals surface area contributed by atoms with Crippen molar-refractivity contribution in [3.05, 3.63) is 0 Å². The van der Waals surface area contributed by atoms with Crippen LogP contribution in [0.1, 0.15) is 149 Å². The highest BCUT2D eigenvalue weighted by Crippen LogP contribution is 2.22. The fourth-order valence-electron chi connectivity index (χ4n) is 5.61. The minimum Gasteiger partial charge on any atom is -0.458 e. The lowest BCUT2D eigenvalue weighted by Crippen LogP contribution is -2.59. The largest absolute Gasteiger partial charge is 0.458 e. The van der Waals surface area contributed by atoms with Crippen LogP contribution >= 0.6 is 0 Å². The van der Waals surface area contributed by atoms with Gasteiger partial charge in [-0.25, -0.2) is 0 Å². The van der Waals surface area contributed by atoms with Crippen LogP contribution in [0, 0.1) is 0 Å². The van der Waals surface area contributed by atoms with E-state index in [1.54, 1.807) is 0 Å². The Kier molecular flexibility index (Phi) is 25.7. The van der Waals surface area contributed by atoms with Gasteiger partial charge in [0.2, 0.25) is 0 Å². The molecule has 9 heteroatoms. The molecule has 256 valence electrons. The molecule has 0 bridgehead atoms. The van der Waals surface area contributed by atoms with E-state index in [0.29, 0.717) is 6.61 Å². The topological polar surface area (TPSA) is 135 Å². The average Bonchev–Trinajstić information content (AvgIpc) is 2.99. The van der Waals surface area contributed by atoms with Gasteiger partial charge in [-0.2, -0.15) is 0 Å². The molecular weight excluding hydrogens is 552 g/mol. The summed E-state index contributed by atoms with van der Waals surface area (Å²) in [6, 6.07) is 0.